The summed E-state index contributed by atoms with van der Waals surface area (Å²) in [7, 11) is 2.14. The van der Waals surface area contributed by atoms with E-state index in [0.29, 0.717) is 0 Å². The molecule has 0 atom stereocenters. The molecule has 2 nitrogen and oxygen atoms in total. The minimum atomic E-state index is 0. The average molecular weight is 567 g/mol. The molecule has 0 N–H and O–H groups in total. The molecule has 0 saturated carbocycles. The quantitative estimate of drug-likeness (QED) is 0.350. The number of fused-ring (bicyclic) bond motifs is 2. The normalized spacial score (nSPS) is 22.5. The van der Waals surface area contributed by atoms with Crippen molar-refractivity contribution in [2.75, 3.05) is 16.8 Å². The van der Waals surface area contributed by atoms with E-state index in [1.807, 2.05) is 12.1 Å². The second-order valence-electron chi connectivity index (χ2n) is 10.7. The van der Waals surface area contributed by atoms with Gasteiger partial charge in [-0.15, -0.1) is 5.69 Å². The fourth-order valence-corrected chi connectivity index (χ4v) is 5.35. The molecule has 1 aliphatic carbocycles. The molecule has 0 bridgehead atoms. The van der Waals surface area contributed by atoms with Crippen LogP contribution in [0.15, 0.2) is 36.4 Å². The standard InChI is InChI=1S/C26H34N2.Ir/c1-23(2)19-15-21-22(28(17-27(21)9)18-13-11-10-12-14-18)16-20(19)24(3,4)26(7,8)25(23,5)6;/h10-13,15-17H,1-9H3;/q-2;. The van der Waals surface area contributed by atoms with Gasteiger partial charge in [0, 0.05) is 31.5 Å². The molecule has 0 unspecified atom stereocenters. The van der Waals surface area contributed by atoms with E-state index in [-0.39, 0.29) is 41.8 Å². The van der Waals surface area contributed by atoms with Gasteiger partial charge in [-0.05, 0) is 52.0 Å². The molecule has 2 aromatic rings. The van der Waals surface area contributed by atoms with Crippen molar-refractivity contribution in [3.8, 4) is 0 Å². The summed E-state index contributed by atoms with van der Waals surface area (Å²) in [6.07, 6.45) is 0. The van der Waals surface area contributed by atoms with Gasteiger partial charge in [-0.1, -0.05) is 55.4 Å². The third-order valence-corrected chi connectivity index (χ3v) is 9.03. The van der Waals surface area contributed by atoms with Crippen LogP contribution in [0.3, 0.4) is 0 Å². The van der Waals surface area contributed by atoms with Crippen LogP contribution < -0.4 is 9.80 Å². The largest absolute Gasteiger partial charge is 0.504 e. The number of rotatable bonds is 1. The Morgan fingerprint density at radius 1 is 0.793 bits per heavy atom. The zero-order valence-corrected chi connectivity index (χ0v) is 21.7. The summed E-state index contributed by atoms with van der Waals surface area (Å²) in [6.45, 7) is 21.7. The van der Waals surface area contributed by atoms with Gasteiger partial charge in [0.05, 0.1) is 0 Å². The summed E-state index contributed by atoms with van der Waals surface area (Å²) < 4.78 is 0. The Bertz CT molecular complexity index is 925. The molecule has 4 rings (SSSR count). The zero-order chi connectivity index (χ0) is 20.7. The first-order chi connectivity index (χ1) is 12.8. The summed E-state index contributed by atoms with van der Waals surface area (Å²) >= 11 is 0. The van der Waals surface area contributed by atoms with E-state index in [1.54, 1.807) is 0 Å². The molecule has 2 aromatic carbocycles. The number of para-hydroxylation sites is 1. The van der Waals surface area contributed by atoms with E-state index >= 15 is 0 Å². The second-order valence-corrected chi connectivity index (χ2v) is 10.7. The first-order valence-electron chi connectivity index (χ1n) is 10.4. The fourth-order valence-electron chi connectivity index (χ4n) is 5.35. The Hall–Kier alpha value is -1.31. The van der Waals surface area contributed by atoms with Gasteiger partial charge in [0.25, 0.3) is 0 Å². The minimum Gasteiger partial charge on any atom is -0.504 e. The minimum absolute atomic E-state index is 0. The van der Waals surface area contributed by atoms with Crippen LogP contribution in [0, 0.1) is 23.6 Å². The summed E-state index contributed by atoms with van der Waals surface area (Å²) in [5.74, 6) is 0. The van der Waals surface area contributed by atoms with E-state index in [0.717, 1.165) is 5.69 Å². The summed E-state index contributed by atoms with van der Waals surface area (Å²) in [4.78, 5) is 4.51. The number of benzene rings is 2. The smallest absolute Gasteiger partial charge is 0.0329 e. The summed E-state index contributed by atoms with van der Waals surface area (Å²) in [5.41, 5.74) is 7.00. The van der Waals surface area contributed by atoms with E-state index in [4.69, 9.17) is 0 Å². The van der Waals surface area contributed by atoms with Crippen LogP contribution in [0.4, 0.5) is 17.1 Å². The zero-order valence-electron chi connectivity index (χ0n) is 19.3. The Labute approximate surface area is 191 Å². The van der Waals surface area contributed by atoms with Gasteiger partial charge in [-0.3, -0.25) is 0 Å². The molecule has 0 spiro atoms. The molecule has 1 radical (unpaired) electrons. The topological polar surface area (TPSA) is 6.48 Å². The predicted octanol–water partition coefficient (Wildman–Crippen LogP) is 6.81. The third kappa shape index (κ3) is 2.70. The van der Waals surface area contributed by atoms with E-state index in [1.165, 1.54) is 22.5 Å². The maximum atomic E-state index is 3.39. The average Bonchev–Trinajstić information content (AvgIpc) is 2.96. The van der Waals surface area contributed by atoms with Crippen molar-refractivity contribution < 1.29 is 20.1 Å². The Balaban J connectivity index is 0.00000240. The Morgan fingerprint density at radius 2 is 1.31 bits per heavy atom. The molecular formula is C26H34IrN2-2. The van der Waals surface area contributed by atoms with Crippen LogP contribution in [-0.2, 0) is 30.9 Å². The summed E-state index contributed by atoms with van der Waals surface area (Å²) in [5, 5.41) is 0. The summed E-state index contributed by atoms with van der Waals surface area (Å²) in [6, 6.07) is 16.5. The molecule has 0 fully saturated rings. The van der Waals surface area contributed by atoms with E-state index in [9.17, 15) is 0 Å². The number of anilines is 3. The maximum absolute atomic E-state index is 3.39. The van der Waals surface area contributed by atoms with Crippen LogP contribution in [-0.4, -0.2) is 7.05 Å². The molecule has 0 saturated heterocycles. The first-order valence-corrected chi connectivity index (χ1v) is 10.4. The van der Waals surface area contributed by atoms with Crippen molar-refractivity contribution in [1.29, 1.82) is 0 Å². The molecule has 1 heterocycles. The molecule has 159 valence electrons. The monoisotopic (exact) mass is 567 g/mol. The molecule has 29 heavy (non-hydrogen) atoms. The molecule has 0 amide bonds. The van der Waals surface area contributed by atoms with Crippen LogP contribution in [0.2, 0.25) is 0 Å². The van der Waals surface area contributed by atoms with Crippen LogP contribution in [0.1, 0.15) is 66.5 Å². The Kier molecular flexibility index (Phi) is 5.09. The fraction of sp³-hybridized carbons (Fsp3) is 0.500. The Morgan fingerprint density at radius 3 is 1.79 bits per heavy atom. The number of hydrogen-bond acceptors (Lipinski definition) is 2. The van der Waals surface area contributed by atoms with Gasteiger partial charge >= 0.3 is 0 Å². The molecule has 0 aromatic heterocycles. The van der Waals surface area contributed by atoms with Crippen molar-refractivity contribution in [3.05, 3.63) is 60.3 Å². The predicted molar refractivity (Wildman–Crippen MR) is 120 cm³/mol. The second kappa shape index (κ2) is 6.59. The van der Waals surface area contributed by atoms with Gasteiger partial charge in [0.15, 0.2) is 0 Å². The number of hydrogen-bond donors (Lipinski definition) is 0. The number of nitrogens with zero attached hydrogens (tertiary/aromatic N) is 2. The van der Waals surface area contributed by atoms with Gasteiger partial charge in [0.2, 0.25) is 0 Å². The van der Waals surface area contributed by atoms with Crippen LogP contribution in [0.5, 0.6) is 0 Å². The van der Waals surface area contributed by atoms with Gasteiger partial charge < -0.3 is 9.80 Å². The molecular weight excluding hydrogens is 533 g/mol. The van der Waals surface area contributed by atoms with Crippen molar-refractivity contribution in [3.63, 3.8) is 0 Å². The molecule has 3 heteroatoms. The van der Waals surface area contributed by atoms with Gasteiger partial charge in [-0.2, -0.15) is 37.0 Å². The van der Waals surface area contributed by atoms with Crippen LogP contribution in [0.25, 0.3) is 0 Å². The molecule has 2 aliphatic rings. The van der Waals surface area contributed by atoms with Crippen molar-refractivity contribution >= 4 is 17.1 Å². The maximum Gasteiger partial charge on any atom is 0.0329 e. The van der Waals surface area contributed by atoms with E-state index in [2.05, 4.69) is 109 Å². The van der Waals surface area contributed by atoms with Gasteiger partial charge in [0.1, 0.15) is 0 Å². The van der Waals surface area contributed by atoms with Gasteiger partial charge in [-0.25, -0.2) is 0 Å². The van der Waals surface area contributed by atoms with Crippen molar-refractivity contribution in [2.45, 2.75) is 66.2 Å². The van der Waals surface area contributed by atoms with Crippen LogP contribution >= 0.6 is 0 Å². The van der Waals surface area contributed by atoms with Crippen molar-refractivity contribution in [1.82, 2.24) is 0 Å². The van der Waals surface area contributed by atoms with Crippen molar-refractivity contribution in [2.24, 2.45) is 10.8 Å². The SMILES string of the molecule is CN1[CH-]N(c2[c-]cccc2)c2cc3c(cc21)C(C)(C)C(C)(C)C(C)(C)C3(C)C.[Ir]. The molecule has 1 aliphatic heterocycles. The first kappa shape index (κ1) is 22.4. The third-order valence-electron chi connectivity index (χ3n) is 9.03. The van der Waals surface area contributed by atoms with E-state index < -0.39 is 0 Å².